The van der Waals surface area contributed by atoms with Crippen molar-refractivity contribution in [1.29, 1.82) is 0 Å². The lowest BCUT2D eigenvalue weighted by atomic mass is 10.0. The summed E-state index contributed by atoms with van der Waals surface area (Å²) in [6.45, 7) is 0. The standard InChI is InChI=1S/C29H19ClF3N3S2/c30-25-15-12-20(16-24(25)29(31,32)33)35-28(37)34-19-10-13-21(14-11-19)38-27-17-23(18-6-2-1-3-7-18)22-8-4-5-9-26(22)36-27/h1-17H,(H2,34,35,37). The predicted octanol–water partition coefficient (Wildman–Crippen LogP) is 9.53. The summed E-state index contributed by atoms with van der Waals surface area (Å²) < 4.78 is 39.4. The molecule has 2 N–H and O–H groups in total. The Balaban J connectivity index is 1.30. The van der Waals surface area contributed by atoms with Gasteiger partial charge in [-0.25, -0.2) is 4.98 Å². The molecule has 0 bridgehead atoms. The van der Waals surface area contributed by atoms with Gasteiger partial charge in [0.15, 0.2) is 5.11 Å². The second-order valence-corrected chi connectivity index (χ2v) is 10.2. The lowest BCUT2D eigenvalue weighted by Crippen LogP contribution is -2.19. The summed E-state index contributed by atoms with van der Waals surface area (Å²) in [6, 6.07) is 31.5. The number of hydrogen-bond acceptors (Lipinski definition) is 3. The number of para-hydroxylation sites is 1. The van der Waals surface area contributed by atoms with E-state index in [1.807, 2.05) is 60.7 Å². The molecule has 1 heterocycles. The summed E-state index contributed by atoms with van der Waals surface area (Å²) >= 11 is 12.5. The summed E-state index contributed by atoms with van der Waals surface area (Å²) in [4.78, 5) is 5.81. The van der Waals surface area contributed by atoms with Gasteiger partial charge < -0.3 is 10.6 Å². The maximum Gasteiger partial charge on any atom is 0.417 e. The van der Waals surface area contributed by atoms with Gasteiger partial charge >= 0.3 is 6.18 Å². The van der Waals surface area contributed by atoms with E-state index in [1.54, 1.807) is 11.8 Å². The second-order valence-electron chi connectivity index (χ2n) is 8.29. The van der Waals surface area contributed by atoms with Crippen LogP contribution < -0.4 is 10.6 Å². The molecule has 1 aromatic heterocycles. The molecular weight excluding hydrogens is 547 g/mol. The lowest BCUT2D eigenvalue weighted by Gasteiger charge is -2.14. The number of hydrogen-bond donors (Lipinski definition) is 2. The smallest absolute Gasteiger partial charge is 0.332 e. The van der Waals surface area contributed by atoms with E-state index in [-0.39, 0.29) is 15.8 Å². The van der Waals surface area contributed by atoms with E-state index in [4.69, 9.17) is 28.8 Å². The molecule has 0 atom stereocenters. The molecule has 0 spiro atoms. The zero-order valence-corrected chi connectivity index (χ0v) is 22.0. The van der Waals surface area contributed by atoms with Crippen molar-refractivity contribution in [1.82, 2.24) is 4.98 Å². The third-order valence-electron chi connectivity index (χ3n) is 5.64. The van der Waals surface area contributed by atoms with Crippen LogP contribution in [0.3, 0.4) is 0 Å². The van der Waals surface area contributed by atoms with Crippen LogP contribution >= 0.6 is 35.6 Å². The zero-order chi connectivity index (χ0) is 26.7. The van der Waals surface area contributed by atoms with Crippen LogP contribution in [0.25, 0.3) is 22.0 Å². The summed E-state index contributed by atoms with van der Waals surface area (Å²) in [5.41, 5.74) is 3.10. The van der Waals surface area contributed by atoms with Crippen LogP contribution in [0, 0.1) is 0 Å². The zero-order valence-electron chi connectivity index (χ0n) is 19.6. The Morgan fingerprint density at radius 1 is 0.789 bits per heavy atom. The van der Waals surface area contributed by atoms with Crippen molar-refractivity contribution < 1.29 is 13.2 Å². The van der Waals surface area contributed by atoms with E-state index >= 15 is 0 Å². The molecule has 5 rings (SSSR count). The minimum atomic E-state index is -4.56. The maximum atomic E-state index is 13.1. The number of rotatable bonds is 5. The quantitative estimate of drug-likeness (QED) is 0.208. The molecule has 3 nitrogen and oxygen atoms in total. The number of fused-ring (bicyclic) bond motifs is 1. The van der Waals surface area contributed by atoms with Crippen LogP contribution in [0.1, 0.15) is 5.56 Å². The third kappa shape index (κ3) is 6.10. The average Bonchev–Trinajstić information content (AvgIpc) is 2.90. The first kappa shape index (κ1) is 26.0. The van der Waals surface area contributed by atoms with E-state index in [9.17, 15) is 13.2 Å². The molecule has 0 aliphatic rings. The number of thiocarbonyl (C=S) groups is 1. The molecule has 4 aromatic carbocycles. The summed E-state index contributed by atoms with van der Waals surface area (Å²) in [7, 11) is 0. The SMILES string of the molecule is FC(F)(F)c1cc(NC(=S)Nc2ccc(Sc3cc(-c4ccccc4)c4ccccc4n3)cc2)ccc1Cl. The highest BCUT2D eigenvalue weighted by molar-refractivity contribution is 7.99. The van der Waals surface area contributed by atoms with Crippen molar-refractivity contribution >= 4 is 63.0 Å². The van der Waals surface area contributed by atoms with E-state index < -0.39 is 11.7 Å². The first-order chi connectivity index (χ1) is 18.3. The third-order valence-corrected chi connectivity index (χ3v) is 7.10. The highest BCUT2D eigenvalue weighted by Crippen LogP contribution is 2.37. The summed E-state index contributed by atoms with van der Waals surface area (Å²) in [5.74, 6) is 0. The molecule has 0 radical (unpaired) electrons. The summed E-state index contributed by atoms with van der Waals surface area (Å²) in [6.07, 6.45) is -4.56. The van der Waals surface area contributed by atoms with Crippen LogP contribution in [0.15, 0.2) is 113 Å². The summed E-state index contributed by atoms with van der Waals surface area (Å²) in [5, 5.41) is 7.50. The van der Waals surface area contributed by atoms with Crippen molar-refractivity contribution in [3.63, 3.8) is 0 Å². The number of anilines is 2. The fourth-order valence-corrected chi connectivity index (χ4v) is 5.20. The molecule has 0 fully saturated rings. The van der Waals surface area contributed by atoms with E-state index in [1.165, 1.54) is 12.1 Å². The molecule has 38 heavy (non-hydrogen) atoms. The minimum absolute atomic E-state index is 0.157. The van der Waals surface area contributed by atoms with Gasteiger partial charge in [0.05, 0.1) is 16.1 Å². The van der Waals surface area contributed by atoms with Crippen molar-refractivity contribution in [2.45, 2.75) is 16.1 Å². The lowest BCUT2D eigenvalue weighted by molar-refractivity contribution is -0.137. The van der Waals surface area contributed by atoms with E-state index in [0.717, 1.165) is 38.0 Å². The maximum absolute atomic E-state index is 13.1. The molecule has 0 unspecified atom stereocenters. The fourth-order valence-electron chi connectivity index (χ4n) is 3.90. The van der Waals surface area contributed by atoms with Crippen LogP contribution in [-0.2, 0) is 6.18 Å². The average molecular weight is 566 g/mol. The van der Waals surface area contributed by atoms with Gasteiger partial charge in [0.1, 0.15) is 5.03 Å². The van der Waals surface area contributed by atoms with Crippen LogP contribution in [0.2, 0.25) is 5.02 Å². The Bertz CT molecular complexity index is 1610. The monoisotopic (exact) mass is 565 g/mol. The molecule has 5 aromatic rings. The topological polar surface area (TPSA) is 37.0 Å². The Labute approximate surface area is 232 Å². The highest BCUT2D eigenvalue weighted by Gasteiger charge is 2.33. The van der Waals surface area contributed by atoms with Crippen LogP contribution in [0.4, 0.5) is 24.5 Å². The molecule has 0 aliphatic heterocycles. The molecular formula is C29H19ClF3N3S2. The van der Waals surface area contributed by atoms with Crippen molar-refractivity contribution in [3.05, 3.63) is 114 Å². The van der Waals surface area contributed by atoms with E-state index in [0.29, 0.717) is 5.69 Å². The van der Waals surface area contributed by atoms with Crippen molar-refractivity contribution in [2.24, 2.45) is 0 Å². The number of aromatic nitrogens is 1. The van der Waals surface area contributed by atoms with Gasteiger partial charge in [-0.05, 0) is 77.9 Å². The Morgan fingerprint density at radius 3 is 2.18 bits per heavy atom. The fraction of sp³-hybridized carbons (Fsp3) is 0.0345. The Morgan fingerprint density at radius 2 is 1.45 bits per heavy atom. The van der Waals surface area contributed by atoms with Crippen LogP contribution in [0.5, 0.6) is 0 Å². The molecule has 0 saturated carbocycles. The number of halogens is 4. The molecule has 190 valence electrons. The number of nitrogens with one attached hydrogen (secondary N) is 2. The molecule has 9 heteroatoms. The van der Waals surface area contributed by atoms with Gasteiger partial charge in [-0.15, -0.1) is 0 Å². The van der Waals surface area contributed by atoms with Gasteiger partial charge in [0, 0.05) is 21.7 Å². The number of nitrogens with zero attached hydrogens (tertiary/aromatic N) is 1. The first-order valence-corrected chi connectivity index (χ1v) is 13.0. The highest BCUT2D eigenvalue weighted by atomic mass is 35.5. The number of alkyl halides is 3. The largest absolute Gasteiger partial charge is 0.417 e. The van der Waals surface area contributed by atoms with Gasteiger partial charge in [-0.2, -0.15) is 13.2 Å². The molecule has 0 saturated heterocycles. The number of benzene rings is 4. The second kappa shape index (κ2) is 11.0. The minimum Gasteiger partial charge on any atom is -0.332 e. The molecule has 0 amide bonds. The van der Waals surface area contributed by atoms with Gasteiger partial charge in [0.25, 0.3) is 0 Å². The van der Waals surface area contributed by atoms with E-state index in [2.05, 4.69) is 34.9 Å². The van der Waals surface area contributed by atoms with Crippen LogP contribution in [-0.4, -0.2) is 10.1 Å². The number of pyridine rings is 1. The Hall–Kier alpha value is -3.59. The predicted molar refractivity (Wildman–Crippen MR) is 154 cm³/mol. The van der Waals surface area contributed by atoms with Gasteiger partial charge in [0.2, 0.25) is 0 Å². The Kier molecular flexibility index (Phi) is 7.56. The van der Waals surface area contributed by atoms with Gasteiger partial charge in [-0.3, -0.25) is 0 Å². The molecule has 0 aliphatic carbocycles. The van der Waals surface area contributed by atoms with Crippen molar-refractivity contribution in [3.8, 4) is 11.1 Å². The van der Waals surface area contributed by atoms with Gasteiger partial charge in [-0.1, -0.05) is 71.9 Å². The van der Waals surface area contributed by atoms with Crippen molar-refractivity contribution in [2.75, 3.05) is 10.6 Å². The first-order valence-electron chi connectivity index (χ1n) is 11.4. The normalized spacial score (nSPS) is 11.4.